The number of ether oxygens (including phenoxy) is 1. The SMILES string of the molecule is C[C@]1(F)Cc2c(Oc3cc(F)cc(C#N)c3)ccc(CS(=O)[O-])c2[C@@H]1O. The molecule has 2 aromatic carbocycles. The Balaban J connectivity index is 2.07. The van der Waals surface area contributed by atoms with E-state index < -0.39 is 28.7 Å². The van der Waals surface area contributed by atoms with Crippen LogP contribution in [-0.4, -0.2) is 19.5 Å². The number of alkyl halides is 1. The van der Waals surface area contributed by atoms with Gasteiger partial charge >= 0.3 is 0 Å². The average Bonchev–Trinajstić information content (AvgIpc) is 2.79. The zero-order valence-corrected chi connectivity index (χ0v) is 14.5. The summed E-state index contributed by atoms with van der Waals surface area (Å²) in [5.41, 5.74) is -1.14. The van der Waals surface area contributed by atoms with Gasteiger partial charge in [-0.1, -0.05) is 17.1 Å². The third-order valence-corrected chi connectivity index (χ3v) is 4.82. The maximum atomic E-state index is 14.7. The van der Waals surface area contributed by atoms with Crippen LogP contribution in [0.4, 0.5) is 8.78 Å². The number of fused-ring (bicyclic) bond motifs is 1. The monoisotopic (exact) mass is 378 g/mol. The smallest absolute Gasteiger partial charge is 0.142 e. The van der Waals surface area contributed by atoms with Gasteiger partial charge in [-0.3, -0.25) is 4.21 Å². The summed E-state index contributed by atoms with van der Waals surface area (Å²) in [4.78, 5) is 0. The van der Waals surface area contributed by atoms with E-state index in [9.17, 15) is 22.6 Å². The van der Waals surface area contributed by atoms with Crippen molar-refractivity contribution in [3.05, 3.63) is 58.4 Å². The van der Waals surface area contributed by atoms with Crippen molar-refractivity contribution in [1.29, 1.82) is 5.26 Å². The van der Waals surface area contributed by atoms with Crippen LogP contribution in [0.2, 0.25) is 0 Å². The molecule has 0 radical (unpaired) electrons. The normalized spacial score (nSPS) is 22.5. The predicted molar refractivity (Wildman–Crippen MR) is 88.4 cm³/mol. The van der Waals surface area contributed by atoms with E-state index in [1.807, 2.05) is 6.07 Å². The fourth-order valence-electron chi connectivity index (χ4n) is 3.12. The molecule has 136 valence electrons. The first kappa shape index (κ1) is 18.5. The topological polar surface area (TPSA) is 93.4 Å². The van der Waals surface area contributed by atoms with Crippen molar-refractivity contribution in [2.75, 3.05) is 0 Å². The minimum Gasteiger partial charge on any atom is -0.772 e. The molecule has 26 heavy (non-hydrogen) atoms. The molecule has 0 spiro atoms. The van der Waals surface area contributed by atoms with Crippen LogP contribution in [0, 0.1) is 17.1 Å². The molecule has 0 aromatic heterocycles. The van der Waals surface area contributed by atoms with E-state index in [-0.39, 0.29) is 40.4 Å². The van der Waals surface area contributed by atoms with Gasteiger partial charge in [0.05, 0.1) is 11.6 Å². The highest BCUT2D eigenvalue weighted by Crippen LogP contribution is 2.48. The molecule has 0 saturated carbocycles. The lowest BCUT2D eigenvalue weighted by atomic mass is 10.00. The lowest BCUT2D eigenvalue weighted by Gasteiger charge is -2.19. The lowest BCUT2D eigenvalue weighted by Crippen LogP contribution is -2.23. The zero-order valence-electron chi connectivity index (χ0n) is 13.7. The summed E-state index contributed by atoms with van der Waals surface area (Å²) in [5, 5.41) is 19.2. The second-order valence-corrected chi connectivity index (χ2v) is 7.21. The standard InChI is InChI=1S/C18H15F2NO4S/c1-18(20)7-14-15(25-13-5-10(8-21)4-12(19)6-13)3-2-11(9-26(23)24)16(14)17(18)22/h2-6,17,22H,7,9H2,1H3,(H,23,24)/p-1/t17-,18-/m0/s1. The zero-order chi connectivity index (χ0) is 19.1. The molecule has 5 nitrogen and oxygen atoms in total. The van der Waals surface area contributed by atoms with E-state index in [2.05, 4.69) is 0 Å². The molecular formula is C18H14F2NO4S-. The van der Waals surface area contributed by atoms with Crippen molar-refractivity contribution in [3.63, 3.8) is 0 Å². The molecular weight excluding hydrogens is 364 g/mol. The lowest BCUT2D eigenvalue weighted by molar-refractivity contribution is 0.0176. The Bertz CT molecular complexity index is 940. The maximum Gasteiger partial charge on any atom is 0.142 e. The van der Waals surface area contributed by atoms with Gasteiger partial charge < -0.3 is 14.4 Å². The third-order valence-electron chi connectivity index (χ3n) is 4.27. The minimum atomic E-state index is -2.41. The second-order valence-electron chi connectivity index (χ2n) is 6.31. The summed E-state index contributed by atoms with van der Waals surface area (Å²) in [7, 11) is 0. The summed E-state index contributed by atoms with van der Waals surface area (Å²) in [6.45, 7) is 1.22. The molecule has 2 aromatic rings. The Morgan fingerprint density at radius 2 is 2.19 bits per heavy atom. The van der Waals surface area contributed by atoms with Crippen molar-refractivity contribution < 1.29 is 27.4 Å². The van der Waals surface area contributed by atoms with Gasteiger partial charge in [-0.2, -0.15) is 5.26 Å². The predicted octanol–water partition coefficient (Wildman–Crippen LogP) is 3.19. The van der Waals surface area contributed by atoms with Gasteiger partial charge in [0.1, 0.15) is 29.1 Å². The van der Waals surface area contributed by atoms with Crippen LogP contribution in [0.15, 0.2) is 30.3 Å². The number of hydrogen-bond acceptors (Lipinski definition) is 5. The van der Waals surface area contributed by atoms with Crippen molar-refractivity contribution in [2.24, 2.45) is 0 Å². The molecule has 0 bridgehead atoms. The molecule has 0 aliphatic heterocycles. The van der Waals surface area contributed by atoms with Gasteiger partial charge in [-0.05, 0) is 36.2 Å². The molecule has 1 aliphatic carbocycles. The van der Waals surface area contributed by atoms with Crippen LogP contribution < -0.4 is 4.74 Å². The van der Waals surface area contributed by atoms with Crippen LogP contribution in [-0.2, 0) is 23.3 Å². The maximum absolute atomic E-state index is 14.7. The van der Waals surface area contributed by atoms with Crippen molar-refractivity contribution in [2.45, 2.75) is 30.9 Å². The Hall–Kier alpha value is -2.34. The van der Waals surface area contributed by atoms with Gasteiger partial charge in [0.15, 0.2) is 0 Å². The molecule has 0 amide bonds. The van der Waals surface area contributed by atoms with Crippen molar-refractivity contribution in [3.8, 4) is 17.6 Å². The molecule has 3 atom stereocenters. The van der Waals surface area contributed by atoms with E-state index in [4.69, 9.17) is 10.00 Å². The number of hydrogen-bond donors (Lipinski definition) is 1. The summed E-state index contributed by atoms with van der Waals surface area (Å²) < 4.78 is 55.9. The van der Waals surface area contributed by atoms with Gasteiger partial charge in [0.2, 0.25) is 0 Å². The number of aliphatic hydroxyl groups excluding tert-OH is 1. The summed E-state index contributed by atoms with van der Waals surface area (Å²) in [6.07, 6.45) is -1.68. The Labute approximate surface area is 151 Å². The number of benzene rings is 2. The highest BCUT2D eigenvalue weighted by atomic mass is 32.2. The van der Waals surface area contributed by atoms with Crippen LogP contribution in [0.5, 0.6) is 11.5 Å². The highest BCUT2D eigenvalue weighted by Gasteiger charge is 2.45. The quantitative estimate of drug-likeness (QED) is 0.825. The second kappa shape index (κ2) is 6.76. The molecule has 0 fully saturated rings. The molecule has 0 saturated heterocycles. The fraction of sp³-hybridized carbons (Fsp3) is 0.278. The average molecular weight is 378 g/mol. The first-order chi connectivity index (χ1) is 12.2. The Morgan fingerprint density at radius 3 is 2.85 bits per heavy atom. The Morgan fingerprint density at radius 1 is 1.46 bits per heavy atom. The van der Waals surface area contributed by atoms with Gasteiger partial charge in [-0.25, -0.2) is 8.78 Å². The largest absolute Gasteiger partial charge is 0.772 e. The van der Waals surface area contributed by atoms with Crippen LogP contribution >= 0.6 is 0 Å². The number of rotatable bonds is 4. The van der Waals surface area contributed by atoms with E-state index in [1.165, 1.54) is 25.1 Å². The van der Waals surface area contributed by atoms with E-state index in [0.717, 1.165) is 12.1 Å². The Kier molecular flexibility index (Phi) is 4.80. The number of nitrogens with zero attached hydrogens (tertiary/aromatic N) is 1. The van der Waals surface area contributed by atoms with E-state index >= 15 is 0 Å². The first-order valence-corrected chi connectivity index (χ1v) is 8.91. The highest BCUT2D eigenvalue weighted by molar-refractivity contribution is 7.78. The van der Waals surface area contributed by atoms with E-state index in [0.29, 0.717) is 5.56 Å². The van der Waals surface area contributed by atoms with E-state index in [1.54, 1.807) is 0 Å². The van der Waals surface area contributed by atoms with Crippen LogP contribution in [0.25, 0.3) is 0 Å². The molecule has 3 rings (SSSR count). The van der Waals surface area contributed by atoms with Gasteiger partial charge in [0, 0.05) is 23.8 Å². The molecule has 1 aliphatic rings. The van der Waals surface area contributed by atoms with Crippen LogP contribution in [0.1, 0.15) is 35.3 Å². The van der Waals surface area contributed by atoms with Gasteiger partial charge in [0.25, 0.3) is 0 Å². The fourth-order valence-corrected chi connectivity index (χ4v) is 3.63. The number of halogens is 2. The summed E-state index contributed by atoms with van der Waals surface area (Å²) in [5.74, 6) is -0.806. The molecule has 1 N–H and O–H groups in total. The van der Waals surface area contributed by atoms with Crippen molar-refractivity contribution in [1.82, 2.24) is 0 Å². The molecule has 8 heteroatoms. The van der Waals surface area contributed by atoms with Crippen molar-refractivity contribution >= 4 is 11.1 Å². The minimum absolute atomic E-state index is 0.0471. The first-order valence-electron chi connectivity index (χ1n) is 7.67. The molecule has 1 unspecified atom stereocenters. The summed E-state index contributed by atoms with van der Waals surface area (Å²) in [6, 6.07) is 8.14. The van der Waals surface area contributed by atoms with Crippen LogP contribution in [0.3, 0.4) is 0 Å². The number of nitriles is 1. The number of aliphatic hydroxyl groups is 1. The third kappa shape index (κ3) is 3.46. The van der Waals surface area contributed by atoms with Gasteiger partial charge in [-0.15, -0.1) is 0 Å². The molecule has 0 heterocycles. The summed E-state index contributed by atoms with van der Waals surface area (Å²) >= 11 is -2.41.